The SMILES string of the molecule is CCOCl.[Ti+2].c1cc[cH-]c1.c1cc[cH-]c1. The van der Waals surface area contributed by atoms with Crippen LogP contribution in [0.3, 0.4) is 0 Å². The molecular formula is C12H15ClOTi. The molecule has 3 heteroatoms. The van der Waals surface area contributed by atoms with Crippen molar-refractivity contribution in [2.75, 3.05) is 6.61 Å². The zero-order chi connectivity index (χ0) is 10.5. The van der Waals surface area contributed by atoms with Crippen LogP contribution in [0.4, 0.5) is 0 Å². The second-order valence-corrected chi connectivity index (χ2v) is 2.54. The third kappa shape index (κ3) is 16.3. The van der Waals surface area contributed by atoms with Crippen LogP contribution in [0.15, 0.2) is 60.7 Å². The van der Waals surface area contributed by atoms with Gasteiger partial charge in [-0.05, 0) is 6.92 Å². The Morgan fingerprint density at radius 1 is 0.933 bits per heavy atom. The summed E-state index contributed by atoms with van der Waals surface area (Å²) in [5, 5.41) is 0. The Bertz CT molecular complexity index is 178. The van der Waals surface area contributed by atoms with Gasteiger partial charge in [0.05, 0.1) is 18.5 Å². The first-order valence-corrected chi connectivity index (χ1v) is 4.79. The molecule has 0 saturated carbocycles. The van der Waals surface area contributed by atoms with Gasteiger partial charge in [0.15, 0.2) is 0 Å². The summed E-state index contributed by atoms with van der Waals surface area (Å²) in [7, 11) is 0. The molecule has 2 aromatic rings. The van der Waals surface area contributed by atoms with Crippen LogP contribution in [-0.2, 0) is 26.0 Å². The number of rotatable bonds is 1. The third-order valence-corrected chi connectivity index (χ3v) is 1.44. The predicted molar refractivity (Wildman–Crippen MR) is 61.5 cm³/mol. The van der Waals surface area contributed by atoms with Crippen molar-refractivity contribution in [1.82, 2.24) is 0 Å². The van der Waals surface area contributed by atoms with E-state index in [4.69, 9.17) is 0 Å². The molecule has 0 heterocycles. The van der Waals surface area contributed by atoms with Gasteiger partial charge >= 0.3 is 21.7 Å². The zero-order valence-electron chi connectivity index (χ0n) is 8.77. The van der Waals surface area contributed by atoms with Gasteiger partial charge in [0.1, 0.15) is 0 Å². The molecule has 80 valence electrons. The summed E-state index contributed by atoms with van der Waals surface area (Å²) in [6, 6.07) is 20.0. The summed E-state index contributed by atoms with van der Waals surface area (Å²) in [6.45, 7) is 2.41. The molecule has 0 saturated heterocycles. The largest absolute Gasteiger partial charge is 2.00 e. The van der Waals surface area contributed by atoms with Gasteiger partial charge in [-0.25, -0.2) is 24.3 Å². The van der Waals surface area contributed by atoms with Crippen LogP contribution in [0.25, 0.3) is 0 Å². The van der Waals surface area contributed by atoms with Crippen molar-refractivity contribution in [1.29, 1.82) is 0 Å². The molecule has 0 N–H and O–H groups in total. The number of hydrogen-bond donors (Lipinski definition) is 0. The van der Waals surface area contributed by atoms with E-state index in [1.54, 1.807) is 0 Å². The first kappa shape index (κ1) is 17.1. The van der Waals surface area contributed by atoms with Crippen LogP contribution < -0.4 is 0 Å². The van der Waals surface area contributed by atoms with Gasteiger partial charge in [-0.2, -0.15) is 36.4 Å². The van der Waals surface area contributed by atoms with Gasteiger partial charge in [-0.3, -0.25) is 4.29 Å². The summed E-state index contributed by atoms with van der Waals surface area (Å²) in [4.78, 5) is 0. The van der Waals surface area contributed by atoms with E-state index in [0.717, 1.165) is 0 Å². The molecule has 0 fully saturated rings. The second kappa shape index (κ2) is 16.1. The van der Waals surface area contributed by atoms with Crippen LogP contribution in [0.5, 0.6) is 0 Å². The first-order chi connectivity index (χ1) is 6.91. The quantitative estimate of drug-likeness (QED) is 0.555. The molecule has 0 spiro atoms. The Balaban J connectivity index is 0. The van der Waals surface area contributed by atoms with Crippen LogP contribution in [-0.4, -0.2) is 6.61 Å². The summed E-state index contributed by atoms with van der Waals surface area (Å²) in [5.74, 6) is 0. The van der Waals surface area contributed by atoms with Crippen molar-refractivity contribution in [3.63, 3.8) is 0 Å². The van der Waals surface area contributed by atoms with Crippen LogP contribution in [0.2, 0.25) is 0 Å². The van der Waals surface area contributed by atoms with Gasteiger partial charge in [0.2, 0.25) is 0 Å². The van der Waals surface area contributed by atoms with Crippen molar-refractivity contribution in [2.45, 2.75) is 6.92 Å². The van der Waals surface area contributed by atoms with E-state index in [0.29, 0.717) is 6.61 Å². The van der Waals surface area contributed by atoms with Gasteiger partial charge in [0, 0.05) is 0 Å². The fraction of sp³-hybridized carbons (Fsp3) is 0.167. The molecule has 0 aliphatic heterocycles. The smallest absolute Gasteiger partial charge is 0.280 e. The minimum absolute atomic E-state index is 0. The minimum atomic E-state index is 0. The monoisotopic (exact) mass is 258 g/mol. The maximum absolute atomic E-state index is 4.69. The Labute approximate surface area is 112 Å². The first-order valence-electron chi connectivity index (χ1n) is 4.48. The predicted octanol–water partition coefficient (Wildman–Crippen LogP) is 3.99. The molecular weight excluding hydrogens is 243 g/mol. The number of halogens is 1. The maximum atomic E-state index is 4.69. The fourth-order valence-corrected chi connectivity index (χ4v) is 0.642. The van der Waals surface area contributed by atoms with E-state index in [2.05, 4.69) is 16.2 Å². The molecule has 15 heavy (non-hydrogen) atoms. The van der Waals surface area contributed by atoms with Crippen molar-refractivity contribution < 1.29 is 26.0 Å². The molecule has 0 aliphatic rings. The molecule has 2 rings (SSSR count). The van der Waals surface area contributed by atoms with Crippen molar-refractivity contribution in [3.8, 4) is 0 Å². The molecule has 0 aromatic heterocycles. The van der Waals surface area contributed by atoms with E-state index in [-0.39, 0.29) is 21.7 Å². The Morgan fingerprint density at radius 2 is 1.20 bits per heavy atom. The third-order valence-electron chi connectivity index (χ3n) is 1.22. The van der Waals surface area contributed by atoms with Crippen LogP contribution in [0, 0.1) is 0 Å². The summed E-state index contributed by atoms with van der Waals surface area (Å²) in [6.07, 6.45) is 0. The van der Waals surface area contributed by atoms with Crippen molar-refractivity contribution in [2.24, 2.45) is 0 Å². The topological polar surface area (TPSA) is 9.23 Å². The molecule has 0 atom stereocenters. The average Bonchev–Trinajstić information content (AvgIpc) is 2.94. The number of hydrogen-bond acceptors (Lipinski definition) is 1. The Hall–Kier alpha value is -0.336. The van der Waals surface area contributed by atoms with Crippen LogP contribution >= 0.6 is 11.9 Å². The summed E-state index contributed by atoms with van der Waals surface area (Å²) >= 11 is 4.69. The van der Waals surface area contributed by atoms with E-state index in [9.17, 15) is 0 Å². The molecule has 0 unspecified atom stereocenters. The Kier molecular flexibility index (Phi) is 18.3. The van der Waals surface area contributed by atoms with Gasteiger partial charge in [-0.1, -0.05) is 0 Å². The standard InChI is InChI=1S/2C5H5.C2H5ClO.Ti/c2*1-2-4-5-3-1;1-2-4-3;/h2*1-5H;2H2,1H3;/q2*-1;;+2. The van der Waals surface area contributed by atoms with E-state index < -0.39 is 0 Å². The molecule has 1 nitrogen and oxygen atoms in total. The molecule has 0 bridgehead atoms. The van der Waals surface area contributed by atoms with E-state index in [1.807, 2.05) is 67.6 Å². The Morgan fingerprint density at radius 3 is 1.27 bits per heavy atom. The van der Waals surface area contributed by atoms with Gasteiger partial charge in [0.25, 0.3) is 0 Å². The summed E-state index contributed by atoms with van der Waals surface area (Å²) in [5.41, 5.74) is 0. The van der Waals surface area contributed by atoms with Crippen molar-refractivity contribution in [3.05, 3.63) is 60.7 Å². The zero-order valence-corrected chi connectivity index (χ0v) is 11.1. The van der Waals surface area contributed by atoms with Crippen molar-refractivity contribution >= 4 is 11.9 Å². The van der Waals surface area contributed by atoms with Gasteiger partial charge in [-0.15, -0.1) is 0 Å². The van der Waals surface area contributed by atoms with E-state index in [1.165, 1.54) is 0 Å². The second-order valence-electron chi connectivity index (χ2n) is 2.32. The minimum Gasteiger partial charge on any atom is -0.280 e. The van der Waals surface area contributed by atoms with Gasteiger partial charge < -0.3 is 0 Å². The molecule has 0 amide bonds. The molecule has 2 aromatic carbocycles. The van der Waals surface area contributed by atoms with Crippen LogP contribution in [0.1, 0.15) is 6.92 Å². The molecule has 0 radical (unpaired) electrons. The summed E-state index contributed by atoms with van der Waals surface area (Å²) < 4.78 is 4.01. The van der Waals surface area contributed by atoms with E-state index >= 15 is 0 Å². The fourth-order valence-electron chi connectivity index (χ4n) is 0.642. The maximum Gasteiger partial charge on any atom is 2.00 e. The normalized spacial score (nSPS) is 7.33. The average molecular weight is 259 g/mol. The molecule has 0 aliphatic carbocycles.